The van der Waals surface area contributed by atoms with Gasteiger partial charge in [0.2, 0.25) is 0 Å². The first-order valence-electron chi connectivity index (χ1n) is 8.74. The molecule has 1 amide bonds. The number of nitro groups is 1. The maximum absolute atomic E-state index is 12.7. The SMILES string of the molecule is O=C1C(=O)N(CCCO)[C@H](c2cccc([N+](=O)[O-])c2)/C1=C(\O)c1ccc(Cl)cc1. The van der Waals surface area contributed by atoms with Crippen LogP contribution in [0.15, 0.2) is 54.1 Å². The minimum atomic E-state index is -1.02. The number of Topliss-reactive ketones (excluding diaryl/α,β-unsaturated/α-hetero) is 1. The Kier molecular flexibility index (Phi) is 5.95. The number of hydrogen-bond donors (Lipinski definition) is 2. The Labute approximate surface area is 170 Å². The summed E-state index contributed by atoms with van der Waals surface area (Å²) in [7, 11) is 0. The van der Waals surface area contributed by atoms with Gasteiger partial charge in [0.15, 0.2) is 0 Å². The van der Waals surface area contributed by atoms with Crippen molar-refractivity contribution in [1.29, 1.82) is 0 Å². The van der Waals surface area contributed by atoms with E-state index < -0.39 is 28.4 Å². The van der Waals surface area contributed by atoms with E-state index in [0.717, 1.165) is 0 Å². The normalized spacial score (nSPS) is 18.3. The molecule has 0 radical (unpaired) electrons. The summed E-state index contributed by atoms with van der Waals surface area (Å²) in [5, 5.41) is 31.6. The Morgan fingerprint density at radius 1 is 1.17 bits per heavy atom. The van der Waals surface area contributed by atoms with Crippen molar-refractivity contribution in [1.82, 2.24) is 4.90 Å². The predicted molar refractivity (Wildman–Crippen MR) is 105 cm³/mol. The van der Waals surface area contributed by atoms with Gasteiger partial charge in [0.1, 0.15) is 5.76 Å². The van der Waals surface area contributed by atoms with E-state index in [1.807, 2.05) is 0 Å². The molecular weight excluding hydrogens is 400 g/mol. The average Bonchev–Trinajstić information content (AvgIpc) is 2.97. The van der Waals surface area contributed by atoms with Crippen LogP contribution < -0.4 is 0 Å². The van der Waals surface area contributed by atoms with Gasteiger partial charge in [-0.05, 0) is 36.2 Å². The fourth-order valence-corrected chi connectivity index (χ4v) is 3.40. The lowest BCUT2D eigenvalue weighted by molar-refractivity contribution is -0.384. The van der Waals surface area contributed by atoms with Gasteiger partial charge in [0.05, 0.1) is 16.5 Å². The van der Waals surface area contributed by atoms with Crippen LogP contribution in [0.5, 0.6) is 0 Å². The van der Waals surface area contributed by atoms with Gasteiger partial charge in [-0.1, -0.05) is 23.7 Å². The molecule has 1 atom stereocenters. The Bertz CT molecular complexity index is 1000. The van der Waals surface area contributed by atoms with Gasteiger partial charge in [-0.2, -0.15) is 0 Å². The molecule has 0 unspecified atom stereocenters. The Morgan fingerprint density at radius 2 is 1.86 bits per heavy atom. The van der Waals surface area contributed by atoms with Crippen LogP contribution in [0.3, 0.4) is 0 Å². The van der Waals surface area contributed by atoms with Crippen LogP contribution in [0.2, 0.25) is 5.02 Å². The Hall–Kier alpha value is -3.23. The van der Waals surface area contributed by atoms with Crippen molar-refractivity contribution >= 4 is 34.7 Å². The second-order valence-corrected chi connectivity index (χ2v) is 6.87. The summed E-state index contributed by atoms with van der Waals surface area (Å²) in [6.45, 7) is -0.159. The lowest BCUT2D eigenvalue weighted by Gasteiger charge is -2.25. The third-order valence-electron chi connectivity index (χ3n) is 4.61. The zero-order valence-electron chi connectivity index (χ0n) is 15.1. The topological polar surface area (TPSA) is 121 Å². The van der Waals surface area contributed by atoms with Crippen LogP contribution in [-0.2, 0) is 9.59 Å². The number of aliphatic hydroxyl groups excluding tert-OH is 2. The number of ketones is 1. The van der Waals surface area contributed by atoms with Gasteiger partial charge >= 0.3 is 0 Å². The quantitative estimate of drug-likeness (QED) is 0.245. The Balaban J connectivity index is 2.18. The van der Waals surface area contributed by atoms with E-state index >= 15 is 0 Å². The summed E-state index contributed by atoms with van der Waals surface area (Å²) < 4.78 is 0. The van der Waals surface area contributed by atoms with E-state index in [2.05, 4.69) is 0 Å². The van der Waals surface area contributed by atoms with Crippen molar-refractivity contribution in [3.05, 3.63) is 80.4 Å². The Morgan fingerprint density at radius 3 is 2.48 bits per heavy atom. The van der Waals surface area contributed by atoms with Crippen LogP contribution in [0.25, 0.3) is 5.76 Å². The second-order valence-electron chi connectivity index (χ2n) is 6.43. The van der Waals surface area contributed by atoms with Crippen LogP contribution >= 0.6 is 11.6 Å². The first-order chi connectivity index (χ1) is 13.8. The van der Waals surface area contributed by atoms with Crippen molar-refractivity contribution in [2.75, 3.05) is 13.2 Å². The summed E-state index contributed by atoms with van der Waals surface area (Å²) in [4.78, 5) is 37.1. The lowest BCUT2D eigenvalue weighted by atomic mass is 9.95. The largest absolute Gasteiger partial charge is 0.507 e. The molecule has 0 spiro atoms. The molecule has 1 fully saturated rings. The fourth-order valence-electron chi connectivity index (χ4n) is 3.27. The monoisotopic (exact) mass is 416 g/mol. The van der Waals surface area contributed by atoms with Crippen molar-refractivity contribution < 1.29 is 24.7 Å². The van der Waals surface area contributed by atoms with Crippen molar-refractivity contribution in [3.63, 3.8) is 0 Å². The van der Waals surface area contributed by atoms with E-state index in [4.69, 9.17) is 16.7 Å². The van der Waals surface area contributed by atoms with Gasteiger partial charge in [0.25, 0.3) is 17.4 Å². The summed E-state index contributed by atoms with van der Waals surface area (Å²) >= 11 is 5.87. The molecule has 0 saturated carbocycles. The molecule has 2 N–H and O–H groups in total. The molecule has 8 nitrogen and oxygen atoms in total. The molecule has 0 bridgehead atoms. The summed E-state index contributed by atoms with van der Waals surface area (Å²) in [5.41, 5.74) is 0.217. The molecule has 2 aromatic carbocycles. The van der Waals surface area contributed by atoms with E-state index in [1.165, 1.54) is 47.4 Å². The lowest BCUT2D eigenvalue weighted by Crippen LogP contribution is -2.31. The van der Waals surface area contributed by atoms with E-state index in [0.29, 0.717) is 10.6 Å². The van der Waals surface area contributed by atoms with E-state index in [9.17, 15) is 24.8 Å². The second kappa shape index (κ2) is 8.42. The van der Waals surface area contributed by atoms with Gasteiger partial charge in [-0.25, -0.2) is 0 Å². The van der Waals surface area contributed by atoms with Crippen LogP contribution in [0.1, 0.15) is 23.6 Å². The number of amides is 1. The molecule has 9 heteroatoms. The highest BCUT2D eigenvalue weighted by molar-refractivity contribution is 6.46. The first-order valence-corrected chi connectivity index (χ1v) is 9.12. The molecule has 1 heterocycles. The van der Waals surface area contributed by atoms with Crippen molar-refractivity contribution in [3.8, 4) is 0 Å². The number of hydrogen-bond acceptors (Lipinski definition) is 6. The van der Waals surface area contributed by atoms with E-state index in [-0.39, 0.29) is 36.4 Å². The first kappa shape index (κ1) is 20.5. The van der Waals surface area contributed by atoms with Crippen LogP contribution in [0, 0.1) is 10.1 Å². The number of likely N-dealkylation sites (tertiary alicyclic amines) is 1. The van der Waals surface area contributed by atoms with Crippen LogP contribution in [-0.4, -0.2) is 44.9 Å². The number of carbonyl (C=O) groups excluding carboxylic acids is 2. The third-order valence-corrected chi connectivity index (χ3v) is 4.86. The van der Waals surface area contributed by atoms with Gasteiger partial charge in [-0.3, -0.25) is 19.7 Å². The van der Waals surface area contributed by atoms with Gasteiger partial charge in [-0.15, -0.1) is 0 Å². The minimum Gasteiger partial charge on any atom is -0.507 e. The summed E-state index contributed by atoms with van der Waals surface area (Å²) in [6.07, 6.45) is 0.208. The van der Waals surface area contributed by atoms with Crippen molar-refractivity contribution in [2.45, 2.75) is 12.5 Å². The van der Waals surface area contributed by atoms with Gasteiger partial charge < -0.3 is 15.1 Å². The number of nitro benzene ring substituents is 1. The van der Waals surface area contributed by atoms with Gasteiger partial charge in [0, 0.05) is 35.9 Å². The molecule has 1 saturated heterocycles. The predicted octanol–water partition coefficient (Wildman–Crippen LogP) is 3.05. The van der Waals surface area contributed by atoms with E-state index in [1.54, 1.807) is 6.07 Å². The zero-order valence-corrected chi connectivity index (χ0v) is 15.9. The highest BCUT2D eigenvalue weighted by atomic mass is 35.5. The smallest absolute Gasteiger partial charge is 0.295 e. The molecular formula is C20H17ClN2O6. The number of benzene rings is 2. The number of carbonyl (C=O) groups is 2. The molecule has 3 rings (SSSR count). The summed E-state index contributed by atoms with van der Waals surface area (Å²) in [5.74, 6) is -2.14. The molecule has 1 aliphatic heterocycles. The maximum Gasteiger partial charge on any atom is 0.295 e. The number of aliphatic hydroxyl groups is 2. The highest BCUT2D eigenvalue weighted by Gasteiger charge is 2.46. The molecule has 1 aliphatic rings. The third kappa shape index (κ3) is 3.98. The molecule has 29 heavy (non-hydrogen) atoms. The number of halogens is 1. The number of rotatable bonds is 6. The average molecular weight is 417 g/mol. The zero-order chi connectivity index (χ0) is 21.1. The maximum atomic E-state index is 12.7. The standard InChI is InChI=1S/C20H17ClN2O6/c21-14-7-5-12(6-8-14)18(25)16-17(13-3-1-4-15(11-13)23(28)29)22(9-2-10-24)20(27)19(16)26/h1,3-8,11,17,24-25H,2,9-10H2/b18-16+/t17-/m1/s1. The molecule has 150 valence electrons. The summed E-state index contributed by atoms with van der Waals surface area (Å²) in [6, 6.07) is 10.6. The minimum absolute atomic E-state index is 0.0475. The molecule has 0 aliphatic carbocycles. The molecule has 0 aromatic heterocycles. The fraction of sp³-hybridized carbons (Fsp3) is 0.200. The van der Waals surface area contributed by atoms with Crippen molar-refractivity contribution in [2.24, 2.45) is 0 Å². The number of non-ortho nitro benzene ring substituents is 1. The number of nitrogens with zero attached hydrogens (tertiary/aromatic N) is 2. The molecule has 2 aromatic rings. The highest BCUT2D eigenvalue weighted by Crippen LogP contribution is 2.40. The van der Waals surface area contributed by atoms with Crippen LogP contribution in [0.4, 0.5) is 5.69 Å².